The van der Waals surface area contributed by atoms with Crippen LogP contribution in [-0.4, -0.2) is 44.8 Å². The first-order valence-corrected chi connectivity index (χ1v) is 13.7. The Kier molecular flexibility index (Phi) is 7.76. The second-order valence-electron chi connectivity index (χ2n) is 10.1. The highest BCUT2D eigenvalue weighted by Gasteiger charge is 2.38. The molecule has 0 saturated heterocycles. The van der Waals surface area contributed by atoms with Crippen LogP contribution in [0.1, 0.15) is 57.7 Å². The molecule has 2 atom stereocenters. The standard InChI is InChI=1S/C23H41NO3Si/c1-16(2)24-20(14-27-28(7,8)23(4,5)6)21(25)15-26-22-13-12-17(3)18-10-9-11-19(18)22/h12-13,16,20-21,24-25H,9-11,14-15H2,1-8H3/t20-,21+/m0/s1. The summed E-state index contributed by atoms with van der Waals surface area (Å²) in [5, 5.41) is 14.5. The average Bonchev–Trinajstić information content (AvgIpc) is 3.07. The summed E-state index contributed by atoms with van der Waals surface area (Å²) in [5.74, 6) is 0.936. The number of nitrogens with one attached hydrogen (secondary N) is 1. The van der Waals surface area contributed by atoms with E-state index in [1.165, 1.54) is 23.1 Å². The molecule has 1 aromatic carbocycles. The van der Waals surface area contributed by atoms with E-state index in [2.05, 4.69) is 72.1 Å². The number of benzene rings is 1. The predicted molar refractivity (Wildman–Crippen MR) is 120 cm³/mol. The first-order chi connectivity index (χ1) is 12.9. The molecule has 1 aliphatic rings. The minimum atomic E-state index is -1.86. The molecule has 0 fully saturated rings. The Balaban J connectivity index is 2.01. The summed E-state index contributed by atoms with van der Waals surface area (Å²) in [6.45, 7) is 18.4. The van der Waals surface area contributed by atoms with Gasteiger partial charge in [-0.3, -0.25) is 0 Å². The van der Waals surface area contributed by atoms with Crippen LogP contribution in [0, 0.1) is 6.92 Å². The summed E-state index contributed by atoms with van der Waals surface area (Å²) < 4.78 is 12.5. The third-order valence-electron chi connectivity index (χ3n) is 6.33. The highest BCUT2D eigenvalue weighted by molar-refractivity contribution is 6.74. The van der Waals surface area contributed by atoms with Gasteiger partial charge in [0.25, 0.3) is 0 Å². The Morgan fingerprint density at radius 2 is 1.75 bits per heavy atom. The van der Waals surface area contributed by atoms with Crippen LogP contribution in [0.4, 0.5) is 0 Å². The van der Waals surface area contributed by atoms with Crippen molar-refractivity contribution >= 4 is 8.32 Å². The van der Waals surface area contributed by atoms with Crippen LogP contribution in [0.2, 0.25) is 18.1 Å². The minimum absolute atomic E-state index is 0.146. The SMILES string of the molecule is Cc1ccc(OC[C@@H](O)[C@H](CO[Si](C)(C)C(C)(C)C)NC(C)C)c2c1CCC2. The minimum Gasteiger partial charge on any atom is -0.491 e. The molecule has 0 heterocycles. The van der Waals surface area contributed by atoms with Gasteiger partial charge in [-0.15, -0.1) is 0 Å². The first kappa shape index (κ1) is 23.4. The molecule has 0 amide bonds. The average molecular weight is 408 g/mol. The molecule has 0 bridgehead atoms. The van der Waals surface area contributed by atoms with Crippen LogP contribution in [0.25, 0.3) is 0 Å². The summed E-state index contributed by atoms with van der Waals surface area (Å²) >= 11 is 0. The largest absolute Gasteiger partial charge is 0.491 e. The molecule has 2 rings (SSSR count). The molecule has 0 spiro atoms. The van der Waals surface area contributed by atoms with Gasteiger partial charge in [0, 0.05) is 6.04 Å². The number of aliphatic hydroxyl groups is 1. The van der Waals surface area contributed by atoms with Crippen molar-refractivity contribution in [2.45, 2.75) is 97.1 Å². The molecule has 0 aromatic heterocycles. The van der Waals surface area contributed by atoms with Crippen molar-refractivity contribution in [3.63, 3.8) is 0 Å². The van der Waals surface area contributed by atoms with Gasteiger partial charge in [-0.2, -0.15) is 0 Å². The van der Waals surface area contributed by atoms with Crippen molar-refractivity contribution in [1.82, 2.24) is 5.32 Å². The molecule has 160 valence electrons. The molecule has 0 unspecified atom stereocenters. The van der Waals surface area contributed by atoms with Gasteiger partial charge in [0.1, 0.15) is 18.5 Å². The molecule has 1 aromatic rings. The molecule has 0 radical (unpaired) electrons. The van der Waals surface area contributed by atoms with Crippen molar-refractivity contribution in [3.8, 4) is 5.75 Å². The predicted octanol–water partition coefficient (Wildman–Crippen LogP) is 4.61. The lowest BCUT2D eigenvalue weighted by Gasteiger charge is -2.38. The Hall–Kier alpha value is -0.883. The summed E-state index contributed by atoms with van der Waals surface area (Å²) in [5.41, 5.74) is 4.12. The summed E-state index contributed by atoms with van der Waals surface area (Å²) in [7, 11) is -1.86. The fourth-order valence-corrected chi connectivity index (χ4v) is 4.52. The monoisotopic (exact) mass is 407 g/mol. The maximum Gasteiger partial charge on any atom is 0.192 e. The second kappa shape index (κ2) is 9.29. The number of fused-ring (bicyclic) bond motifs is 1. The molecule has 2 N–H and O–H groups in total. The van der Waals surface area contributed by atoms with Crippen LogP contribution in [-0.2, 0) is 17.3 Å². The Bertz CT molecular complexity index is 652. The van der Waals surface area contributed by atoms with Crippen molar-refractivity contribution < 1.29 is 14.3 Å². The van der Waals surface area contributed by atoms with E-state index in [9.17, 15) is 5.11 Å². The quantitative estimate of drug-likeness (QED) is 0.587. The highest BCUT2D eigenvalue weighted by atomic mass is 28.4. The zero-order chi connectivity index (χ0) is 21.1. The number of hydrogen-bond acceptors (Lipinski definition) is 4. The van der Waals surface area contributed by atoms with E-state index >= 15 is 0 Å². The van der Waals surface area contributed by atoms with Crippen molar-refractivity contribution in [2.24, 2.45) is 0 Å². The number of aliphatic hydroxyl groups excluding tert-OH is 1. The third-order valence-corrected chi connectivity index (χ3v) is 10.8. The fraction of sp³-hybridized carbons (Fsp3) is 0.739. The van der Waals surface area contributed by atoms with Gasteiger partial charge in [0.15, 0.2) is 8.32 Å². The summed E-state index contributed by atoms with van der Waals surface area (Å²) in [6.07, 6.45) is 2.78. The van der Waals surface area contributed by atoms with E-state index in [-0.39, 0.29) is 23.7 Å². The Morgan fingerprint density at radius 1 is 1.11 bits per heavy atom. The van der Waals surface area contributed by atoms with Gasteiger partial charge in [-0.05, 0) is 67.1 Å². The molecule has 28 heavy (non-hydrogen) atoms. The van der Waals surface area contributed by atoms with Crippen LogP contribution in [0.5, 0.6) is 5.75 Å². The number of ether oxygens (including phenoxy) is 1. The molecule has 4 nitrogen and oxygen atoms in total. The fourth-order valence-electron chi connectivity index (χ4n) is 3.49. The Morgan fingerprint density at radius 3 is 2.36 bits per heavy atom. The van der Waals surface area contributed by atoms with Crippen LogP contribution in [0.3, 0.4) is 0 Å². The van der Waals surface area contributed by atoms with Gasteiger partial charge in [-0.25, -0.2) is 0 Å². The van der Waals surface area contributed by atoms with E-state index in [1.54, 1.807) is 0 Å². The highest BCUT2D eigenvalue weighted by Crippen LogP contribution is 2.37. The lowest BCUT2D eigenvalue weighted by atomic mass is 10.0. The van der Waals surface area contributed by atoms with E-state index in [4.69, 9.17) is 9.16 Å². The van der Waals surface area contributed by atoms with Gasteiger partial charge < -0.3 is 19.6 Å². The Labute approximate surface area is 173 Å². The molecular formula is C23H41NO3Si. The van der Waals surface area contributed by atoms with Gasteiger partial charge in [-0.1, -0.05) is 40.7 Å². The maximum absolute atomic E-state index is 10.9. The molecule has 5 heteroatoms. The van der Waals surface area contributed by atoms with E-state index < -0.39 is 14.4 Å². The summed E-state index contributed by atoms with van der Waals surface area (Å²) in [6, 6.07) is 4.32. The maximum atomic E-state index is 10.9. The molecule has 0 saturated carbocycles. The van der Waals surface area contributed by atoms with Crippen LogP contribution < -0.4 is 10.1 Å². The van der Waals surface area contributed by atoms with Crippen LogP contribution in [0.15, 0.2) is 12.1 Å². The van der Waals surface area contributed by atoms with Crippen molar-refractivity contribution in [2.75, 3.05) is 13.2 Å². The second-order valence-corrected chi connectivity index (χ2v) is 14.9. The lowest BCUT2D eigenvalue weighted by molar-refractivity contribution is 0.0488. The van der Waals surface area contributed by atoms with E-state index in [1.807, 2.05) is 0 Å². The zero-order valence-electron chi connectivity index (χ0n) is 19.2. The third kappa shape index (κ3) is 5.82. The zero-order valence-corrected chi connectivity index (χ0v) is 20.2. The van der Waals surface area contributed by atoms with Crippen molar-refractivity contribution in [1.29, 1.82) is 0 Å². The van der Waals surface area contributed by atoms with E-state index in [0.29, 0.717) is 6.61 Å². The van der Waals surface area contributed by atoms with Gasteiger partial charge in [0.05, 0.1) is 12.6 Å². The van der Waals surface area contributed by atoms with Gasteiger partial charge in [0.2, 0.25) is 0 Å². The lowest BCUT2D eigenvalue weighted by Crippen LogP contribution is -2.52. The van der Waals surface area contributed by atoms with Gasteiger partial charge >= 0.3 is 0 Å². The number of hydrogen-bond donors (Lipinski definition) is 2. The smallest absolute Gasteiger partial charge is 0.192 e. The number of aryl methyl sites for hydroxylation is 1. The molecular weight excluding hydrogens is 366 g/mol. The number of rotatable bonds is 9. The first-order valence-electron chi connectivity index (χ1n) is 10.7. The molecule has 0 aliphatic heterocycles. The topological polar surface area (TPSA) is 50.7 Å². The van der Waals surface area contributed by atoms with Crippen LogP contribution >= 0.6 is 0 Å². The van der Waals surface area contributed by atoms with Crippen molar-refractivity contribution in [3.05, 3.63) is 28.8 Å². The van der Waals surface area contributed by atoms with E-state index in [0.717, 1.165) is 18.6 Å². The molecule has 1 aliphatic carbocycles. The summed E-state index contributed by atoms with van der Waals surface area (Å²) in [4.78, 5) is 0. The normalized spacial score (nSPS) is 16.9.